The number of morpholine rings is 1. The molecule has 0 amide bonds. The van der Waals surface area contributed by atoms with E-state index in [1.54, 1.807) is 12.1 Å². The molecule has 0 aliphatic carbocycles. The van der Waals surface area contributed by atoms with Gasteiger partial charge in [0.1, 0.15) is 0 Å². The minimum absolute atomic E-state index is 0.0682. The molecule has 5 nitrogen and oxygen atoms in total. The molecule has 5 heteroatoms. The monoisotopic (exact) mass is 208 g/mol. The van der Waals surface area contributed by atoms with E-state index in [2.05, 4.69) is 5.32 Å². The van der Waals surface area contributed by atoms with Gasteiger partial charge in [-0.15, -0.1) is 0 Å². The molecule has 0 bridgehead atoms. The highest BCUT2D eigenvalue weighted by atomic mass is 16.6. The molecule has 15 heavy (non-hydrogen) atoms. The first kappa shape index (κ1) is 10.1. The summed E-state index contributed by atoms with van der Waals surface area (Å²) >= 11 is 0. The number of nitro benzene ring substituents is 1. The Morgan fingerprint density at radius 3 is 3.07 bits per heavy atom. The lowest BCUT2D eigenvalue weighted by atomic mass is 10.1. The van der Waals surface area contributed by atoms with Crippen LogP contribution in [0.5, 0.6) is 0 Å². The quantitative estimate of drug-likeness (QED) is 0.587. The fourth-order valence-electron chi connectivity index (χ4n) is 1.63. The first-order chi connectivity index (χ1) is 7.27. The second kappa shape index (κ2) is 4.37. The maximum Gasteiger partial charge on any atom is 0.269 e. The van der Waals surface area contributed by atoms with Gasteiger partial charge in [0.2, 0.25) is 0 Å². The summed E-state index contributed by atoms with van der Waals surface area (Å²) < 4.78 is 5.30. The van der Waals surface area contributed by atoms with Crippen molar-refractivity contribution in [2.24, 2.45) is 0 Å². The van der Waals surface area contributed by atoms with Crippen molar-refractivity contribution in [2.45, 2.75) is 6.04 Å². The van der Waals surface area contributed by atoms with E-state index in [9.17, 15) is 10.1 Å². The highest BCUT2D eigenvalue weighted by Crippen LogP contribution is 2.20. The molecule has 0 radical (unpaired) electrons. The van der Waals surface area contributed by atoms with Crippen LogP contribution in [-0.4, -0.2) is 24.7 Å². The summed E-state index contributed by atoms with van der Waals surface area (Å²) in [5.41, 5.74) is 1.03. The Bertz CT molecular complexity index is 361. The normalized spacial score (nSPS) is 21.2. The second-order valence-corrected chi connectivity index (χ2v) is 3.43. The van der Waals surface area contributed by atoms with Gasteiger partial charge in [-0.1, -0.05) is 12.1 Å². The van der Waals surface area contributed by atoms with Crippen molar-refractivity contribution in [3.63, 3.8) is 0 Å². The van der Waals surface area contributed by atoms with Gasteiger partial charge >= 0.3 is 0 Å². The second-order valence-electron chi connectivity index (χ2n) is 3.43. The van der Waals surface area contributed by atoms with Crippen LogP contribution >= 0.6 is 0 Å². The summed E-state index contributed by atoms with van der Waals surface area (Å²) in [7, 11) is 0. The number of hydrogen-bond donors (Lipinski definition) is 1. The van der Waals surface area contributed by atoms with Gasteiger partial charge in [0, 0.05) is 18.7 Å². The smallest absolute Gasteiger partial charge is 0.269 e. The molecule has 1 N–H and O–H groups in total. The highest BCUT2D eigenvalue weighted by molar-refractivity contribution is 5.35. The Morgan fingerprint density at radius 1 is 1.53 bits per heavy atom. The molecular weight excluding hydrogens is 196 g/mol. The molecule has 1 saturated heterocycles. The van der Waals surface area contributed by atoms with Crippen molar-refractivity contribution in [1.29, 1.82) is 0 Å². The Morgan fingerprint density at radius 2 is 2.40 bits per heavy atom. The van der Waals surface area contributed by atoms with Crippen molar-refractivity contribution < 1.29 is 9.66 Å². The lowest BCUT2D eigenvalue weighted by Gasteiger charge is -2.23. The fraction of sp³-hybridized carbons (Fsp3) is 0.400. The van der Waals surface area contributed by atoms with Crippen LogP contribution in [0, 0.1) is 10.1 Å². The van der Waals surface area contributed by atoms with Crippen LogP contribution in [0.15, 0.2) is 24.3 Å². The molecule has 1 fully saturated rings. The van der Waals surface area contributed by atoms with E-state index in [0.29, 0.717) is 13.2 Å². The third kappa shape index (κ3) is 2.31. The van der Waals surface area contributed by atoms with Gasteiger partial charge in [-0.25, -0.2) is 0 Å². The first-order valence-corrected chi connectivity index (χ1v) is 4.83. The molecule has 1 heterocycles. The lowest BCUT2D eigenvalue weighted by molar-refractivity contribution is -0.384. The van der Waals surface area contributed by atoms with Gasteiger partial charge in [-0.3, -0.25) is 10.1 Å². The number of nitrogens with zero attached hydrogens (tertiary/aromatic N) is 1. The number of rotatable bonds is 2. The lowest BCUT2D eigenvalue weighted by Crippen LogP contribution is -2.34. The number of nitrogens with one attached hydrogen (secondary N) is 1. The predicted molar refractivity (Wildman–Crippen MR) is 54.7 cm³/mol. The van der Waals surface area contributed by atoms with E-state index >= 15 is 0 Å². The minimum Gasteiger partial charge on any atom is -0.378 e. The van der Waals surface area contributed by atoms with E-state index in [0.717, 1.165) is 12.1 Å². The van der Waals surface area contributed by atoms with Crippen molar-refractivity contribution in [3.8, 4) is 0 Å². The van der Waals surface area contributed by atoms with Crippen LogP contribution in [0.3, 0.4) is 0 Å². The van der Waals surface area contributed by atoms with Crippen LogP contribution < -0.4 is 5.32 Å². The maximum absolute atomic E-state index is 10.6. The van der Waals surface area contributed by atoms with Crippen molar-refractivity contribution in [2.75, 3.05) is 19.8 Å². The van der Waals surface area contributed by atoms with Crippen molar-refractivity contribution >= 4 is 5.69 Å². The fourth-order valence-corrected chi connectivity index (χ4v) is 1.63. The molecule has 1 aliphatic rings. The van der Waals surface area contributed by atoms with Crippen LogP contribution in [-0.2, 0) is 4.74 Å². The zero-order valence-corrected chi connectivity index (χ0v) is 8.18. The predicted octanol–water partition coefficient (Wildman–Crippen LogP) is 1.26. The van der Waals surface area contributed by atoms with Crippen molar-refractivity contribution in [3.05, 3.63) is 39.9 Å². The molecule has 1 atom stereocenters. The zero-order valence-electron chi connectivity index (χ0n) is 8.18. The maximum atomic E-state index is 10.6. The molecule has 1 aromatic carbocycles. The van der Waals surface area contributed by atoms with Gasteiger partial charge in [0.25, 0.3) is 5.69 Å². The van der Waals surface area contributed by atoms with E-state index in [4.69, 9.17) is 4.74 Å². The van der Waals surface area contributed by atoms with Gasteiger partial charge in [0.05, 0.1) is 24.2 Å². The molecule has 0 saturated carbocycles. The largest absolute Gasteiger partial charge is 0.378 e. The number of nitro groups is 1. The Balaban J connectivity index is 2.19. The summed E-state index contributed by atoms with van der Waals surface area (Å²) in [6, 6.07) is 6.72. The molecule has 2 rings (SSSR count). The van der Waals surface area contributed by atoms with E-state index in [1.165, 1.54) is 6.07 Å². The first-order valence-electron chi connectivity index (χ1n) is 4.83. The van der Waals surface area contributed by atoms with Gasteiger partial charge < -0.3 is 10.1 Å². The molecule has 0 aromatic heterocycles. The summed E-state index contributed by atoms with van der Waals surface area (Å²) in [4.78, 5) is 10.2. The van der Waals surface area contributed by atoms with Gasteiger partial charge in [-0.05, 0) is 5.56 Å². The minimum atomic E-state index is -0.382. The number of ether oxygens (including phenoxy) is 1. The van der Waals surface area contributed by atoms with Crippen LogP contribution in [0.2, 0.25) is 0 Å². The zero-order chi connectivity index (χ0) is 10.7. The van der Waals surface area contributed by atoms with Gasteiger partial charge in [0.15, 0.2) is 0 Å². The Labute approximate surface area is 87.2 Å². The van der Waals surface area contributed by atoms with Crippen molar-refractivity contribution in [1.82, 2.24) is 5.32 Å². The Kier molecular flexibility index (Phi) is 2.94. The summed E-state index contributed by atoms with van der Waals surface area (Å²) in [5.74, 6) is 0. The molecule has 1 aliphatic heterocycles. The number of benzene rings is 1. The molecule has 0 spiro atoms. The van der Waals surface area contributed by atoms with E-state index in [1.807, 2.05) is 6.07 Å². The molecule has 0 unspecified atom stereocenters. The third-order valence-electron chi connectivity index (χ3n) is 2.41. The summed E-state index contributed by atoms with van der Waals surface area (Å²) in [6.07, 6.45) is 0. The standard InChI is InChI=1S/C10H12N2O3/c13-12(14)9-3-1-2-8(6-9)10-7-15-5-4-11-10/h1-3,6,10-11H,4-5,7H2/t10-/m0/s1. The van der Waals surface area contributed by atoms with E-state index < -0.39 is 0 Å². The molecule has 1 aromatic rings. The summed E-state index contributed by atoms with van der Waals surface area (Å²) in [5, 5.41) is 13.8. The highest BCUT2D eigenvalue weighted by Gasteiger charge is 2.17. The van der Waals surface area contributed by atoms with Crippen LogP contribution in [0.25, 0.3) is 0 Å². The average Bonchev–Trinajstić information content (AvgIpc) is 2.30. The Hall–Kier alpha value is -1.46. The van der Waals surface area contributed by atoms with Crippen LogP contribution in [0.1, 0.15) is 11.6 Å². The third-order valence-corrected chi connectivity index (χ3v) is 2.41. The van der Waals surface area contributed by atoms with Gasteiger partial charge in [-0.2, -0.15) is 0 Å². The number of hydrogen-bond acceptors (Lipinski definition) is 4. The summed E-state index contributed by atoms with van der Waals surface area (Å²) in [6.45, 7) is 2.06. The average molecular weight is 208 g/mol. The topological polar surface area (TPSA) is 64.4 Å². The van der Waals surface area contributed by atoms with E-state index in [-0.39, 0.29) is 16.7 Å². The molecule has 80 valence electrons. The molecular formula is C10H12N2O3. The van der Waals surface area contributed by atoms with Crippen LogP contribution in [0.4, 0.5) is 5.69 Å². The SMILES string of the molecule is O=[N+]([O-])c1cccc([C@@H]2COCCN2)c1. The number of non-ortho nitro benzene ring substituents is 1.